The third-order valence-electron chi connectivity index (χ3n) is 3.71. The van der Waals surface area contributed by atoms with Gasteiger partial charge in [0, 0.05) is 25.8 Å². The maximum absolute atomic E-state index is 12.5. The van der Waals surface area contributed by atoms with Gasteiger partial charge in [0.05, 0.1) is 0 Å². The SMILES string of the molecule is CCC1CCCCN1C(=O)c1cccn(C)c1=O. The van der Waals surface area contributed by atoms with Gasteiger partial charge in [-0.05, 0) is 37.8 Å². The summed E-state index contributed by atoms with van der Waals surface area (Å²) in [7, 11) is 1.67. The van der Waals surface area contributed by atoms with E-state index >= 15 is 0 Å². The lowest BCUT2D eigenvalue weighted by Gasteiger charge is -2.35. The molecule has 1 aromatic rings. The molecule has 1 amide bonds. The van der Waals surface area contributed by atoms with Crippen LogP contribution >= 0.6 is 0 Å². The molecule has 1 aliphatic heterocycles. The molecule has 1 unspecified atom stereocenters. The van der Waals surface area contributed by atoms with Gasteiger partial charge in [0.25, 0.3) is 11.5 Å². The van der Waals surface area contributed by atoms with Crippen molar-refractivity contribution in [1.82, 2.24) is 9.47 Å². The summed E-state index contributed by atoms with van der Waals surface area (Å²) in [5.41, 5.74) is 0.0864. The van der Waals surface area contributed by atoms with Crippen LogP contribution in [0, 0.1) is 0 Å². The van der Waals surface area contributed by atoms with Gasteiger partial charge in [-0.25, -0.2) is 0 Å². The van der Waals surface area contributed by atoms with E-state index in [1.807, 2.05) is 4.90 Å². The Morgan fingerprint density at radius 2 is 2.22 bits per heavy atom. The molecule has 2 heterocycles. The number of nitrogens with zero attached hydrogens (tertiary/aromatic N) is 2. The van der Waals surface area contributed by atoms with Crippen molar-refractivity contribution < 1.29 is 4.79 Å². The summed E-state index contributed by atoms with van der Waals surface area (Å²) < 4.78 is 1.46. The average molecular weight is 248 g/mol. The number of carbonyl (C=O) groups excluding carboxylic acids is 1. The van der Waals surface area contributed by atoms with Crippen molar-refractivity contribution in [3.05, 3.63) is 34.2 Å². The number of pyridine rings is 1. The Bertz CT molecular complexity index is 493. The number of rotatable bonds is 2. The quantitative estimate of drug-likeness (QED) is 0.800. The van der Waals surface area contributed by atoms with Gasteiger partial charge in [-0.3, -0.25) is 9.59 Å². The summed E-state index contributed by atoms with van der Waals surface area (Å²) in [6.45, 7) is 2.87. The first kappa shape index (κ1) is 12.9. The molecule has 2 rings (SSSR count). The van der Waals surface area contributed by atoms with E-state index in [1.54, 1.807) is 25.4 Å². The molecule has 0 saturated carbocycles. The van der Waals surface area contributed by atoms with E-state index in [0.29, 0.717) is 5.56 Å². The zero-order chi connectivity index (χ0) is 13.1. The second-order valence-corrected chi connectivity index (χ2v) is 4.89. The van der Waals surface area contributed by atoms with Crippen LogP contribution in [0.25, 0.3) is 0 Å². The summed E-state index contributed by atoms with van der Waals surface area (Å²) in [6, 6.07) is 3.67. The highest BCUT2D eigenvalue weighted by Gasteiger charge is 2.27. The van der Waals surface area contributed by atoms with Crippen LogP contribution in [-0.2, 0) is 7.05 Å². The van der Waals surface area contributed by atoms with E-state index in [1.165, 1.54) is 11.0 Å². The normalized spacial score (nSPS) is 19.9. The first-order valence-corrected chi connectivity index (χ1v) is 6.61. The topological polar surface area (TPSA) is 42.3 Å². The highest BCUT2D eigenvalue weighted by atomic mass is 16.2. The Hall–Kier alpha value is -1.58. The Balaban J connectivity index is 2.30. The van der Waals surface area contributed by atoms with Crippen molar-refractivity contribution in [2.45, 2.75) is 38.6 Å². The standard InChI is InChI=1S/C14H20N2O2/c1-3-11-7-4-5-10-16(11)14(18)12-8-6-9-15(2)13(12)17/h6,8-9,11H,3-5,7,10H2,1-2H3. The minimum Gasteiger partial charge on any atom is -0.336 e. The molecule has 1 aliphatic rings. The monoisotopic (exact) mass is 248 g/mol. The Kier molecular flexibility index (Phi) is 3.84. The van der Waals surface area contributed by atoms with E-state index in [9.17, 15) is 9.59 Å². The predicted octanol–water partition coefficient (Wildman–Crippen LogP) is 1.79. The van der Waals surface area contributed by atoms with Crippen molar-refractivity contribution in [1.29, 1.82) is 0 Å². The lowest BCUT2D eigenvalue weighted by atomic mass is 9.99. The van der Waals surface area contributed by atoms with E-state index in [-0.39, 0.29) is 17.5 Å². The number of carbonyl (C=O) groups is 1. The molecule has 0 spiro atoms. The van der Waals surface area contributed by atoms with Gasteiger partial charge in [-0.2, -0.15) is 0 Å². The second-order valence-electron chi connectivity index (χ2n) is 4.89. The van der Waals surface area contributed by atoms with Crippen LogP contribution in [-0.4, -0.2) is 28.0 Å². The molecular formula is C14H20N2O2. The molecule has 1 saturated heterocycles. The van der Waals surface area contributed by atoms with E-state index in [0.717, 1.165) is 25.8 Å². The summed E-state index contributed by atoms with van der Waals surface area (Å²) in [5, 5.41) is 0. The summed E-state index contributed by atoms with van der Waals surface area (Å²) in [6.07, 6.45) is 5.89. The maximum atomic E-state index is 12.5. The van der Waals surface area contributed by atoms with Gasteiger partial charge < -0.3 is 9.47 Å². The van der Waals surface area contributed by atoms with E-state index < -0.39 is 0 Å². The fourth-order valence-corrected chi connectivity index (χ4v) is 2.61. The van der Waals surface area contributed by atoms with Crippen molar-refractivity contribution in [3.63, 3.8) is 0 Å². The minimum absolute atomic E-state index is 0.109. The van der Waals surface area contributed by atoms with Crippen LogP contribution in [0.4, 0.5) is 0 Å². The number of amides is 1. The molecule has 1 atom stereocenters. The van der Waals surface area contributed by atoms with Crippen molar-refractivity contribution in [3.8, 4) is 0 Å². The lowest BCUT2D eigenvalue weighted by Crippen LogP contribution is -2.45. The Morgan fingerprint density at radius 3 is 2.94 bits per heavy atom. The number of hydrogen-bond donors (Lipinski definition) is 0. The summed E-state index contributed by atoms with van der Waals surface area (Å²) in [5.74, 6) is -0.109. The van der Waals surface area contributed by atoms with Crippen LogP contribution < -0.4 is 5.56 Å². The van der Waals surface area contributed by atoms with E-state index in [4.69, 9.17) is 0 Å². The number of piperidine rings is 1. The number of aryl methyl sites for hydroxylation is 1. The summed E-state index contributed by atoms with van der Waals surface area (Å²) in [4.78, 5) is 26.3. The molecule has 1 aromatic heterocycles. The molecule has 0 radical (unpaired) electrons. The first-order chi connectivity index (χ1) is 8.65. The van der Waals surface area contributed by atoms with Gasteiger partial charge in [-0.1, -0.05) is 6.92 Å². The smallest absolute Gasteiger partial charge is 0.263 e. The second kappa shape index (κ2) is 5.38. The Labute approximate surface area is 107 Å². The first-order valence-electron chi connectivity index (χ1n) is 6.61. The largest absolute Gasteiger partial charge is 0.336 e. The third-order valence-corrected chi connectivity index (χ3v) is 3.71. The van der Waals surface area contributed by atoms with Crippen LogP contribution in [0.15, 0.2) is 23.1 Å². The number of hydrogen-bond acceptors (Lipinski definition) is 2. The van der Waals surface area contributed by atoms with Gasteiger partial charge in [0.2, 0.25) is 0 Å². The fourth-order valence-electron chi connectivity index (χ4n) is 2.61. The molecule has 1 fully saturated rings. The van der Waals surface area contributed by atoms with Crippen LogP contribution in [0.5, 0.6) is 0 Å². The maximum Gasteiger partial charge on any atom is 0.263 e. The molecule has 4 nitrogen and oxygen atoms in total. The lowest BCUT2D eigenvalue weighted by molar-refractivity contribution is 0.0605. The molecule has 0 N–H and O–H groups in total. The molecule has 0 aliphatic carbocycles. The predicted molar refractivity (Wildman–Crippen MR) is 70.6 cm³/mol. The van der Waals surface area contributed by atoms with Crippen molar-refractivity contribution in [2.75, 3.05) is 6.54 Å². The number of likely N-dealkylation sites (tertiary alicyclic amines) is 1. The minimum atomic E-state index is -0.206. The van der Waals surface area contributed by atoms with Gasteiger partial charge in [0.1, 0.15) is 5.56 Å². The average Bonchev–Trinajstić information content (AvgIpc) is 2.41. The van der Waals surface area contributed by atoms with Gasteiger partial charge in [-0.15, -0.1) is 0 Å². The molecular weight excluding hydrogens is 228 g/mol. The summed E-state index contributed by atoms with van der Waals surface area (Å²) >= 11 is 0. The molecule has 0 bridgehead atoms. The molecule has 18 heavy (non-hydrogen) atoms. The molecule has 0 aromatic carbocycles. The number of aromatic nitrogens is 1. The van der Waals surface area contributed by atoms with Crippen LogP contribution in [0.2, 0.25) is 0 Å². The van der Waals surface area contributed by atoms with Crippen molar-refractivity contribution in [2.24, 2.45) is 7.05 Å². The zero-order valence-electron chi connectivity index (χ0n) is 11.1. The Morgan fingerprint density at radius 1 is 1.44 bits per heavy atom. The highest BCUT2D eigenvalue weighted by Crippen LogP contribution is 2.20. The molecule has 98 valence electrons. The van der Waals surface area contributed by atoms with Crippen LogP contribution in [0.3, 0.4) is 0 Å². The zero-order valence-corrected chi connectivity index (χ0v) is 11.1. The fraction of sp³-hybridized carbons (Fsp3) is 0.571. The third kappa shape index (κ3) is 2.33. The molecule has 4 heteroatoms. The van der Waals surface area contributed by atoms with Gasteiger partial charge in [0.15, 0.2) is 0 Å². The van der Waals surface area contributed by atoms with Crippen molar-refractivity contribution >= 4 is 5.91 Å². The van der Waals surface area contributed by atoms with Gasteiger partial charge >= 0.3 is 0 Å². The van der Waals surface area contributed by atoms with Crippen LogP contribution in [0.1, 0.15) is 43.0 Å². The van der Waals surface area contributed by atoms with E-state index in [2.05, 4.69) is 6.92 Å². The highest BCUT2D eigenvalue weighted by molar-refractivity contribution is 5.94.